The lowest BCUT2D eigenvalue weighted by Crippen LogP contribution is -2.42. The zero-order valence-electron chi connectivity index (χ0n) is 18.8. The van der Waals surface area contributed by atoms with Gasteiger partial charge in [-0.25, -0.2) is 23.4 Å². The summed E-state index contributed by atoms with van der Waals surface area (Å²) < 4.78 is 22.7. The molecule has 2 aromatic rings. The third-order valence-corrected chi connectivity index (χ3v) is 7.32. The fourth-order valence-corrected chi connectivity index (χ4v) is 5.02. The van der Waals surface area contributed by atoms with Crippen molar-refractivity contribution < 1.29 is 18.0 Å². The summed E-state index contributed by atoms with van der Waals surface area (Å²) in [7, 11) is -3.73. The van der Waals surface area contributed by atoms with E-state index in [1.807, 2.05) is 38.1 Å². The van der Waals surface area contributed by atoms with Crippen molar-refractivity contribution in [2.24, 2.45) is 21.0 Å². The van der Waals surface area contributed by atoms with E-state index in [-0.39, 0.29) is 28.4 Å². The Morgan fingerprint density at radius 1 is 1.18 bits per heavy atom. The molecule has 1 atom stereocenters. The Balaban J connectivity index is 1.37. The number of nitrogens with two attached hydrogens (primary N) is 1. The number of amides is 2. The van der Waals surface area contributed by atoms with Gasteiger partial charge in [-0.3, -0.25) is 14.6 Å². The molecule has 178 valence electrons. The summed E-state index contributed by atoms with van der Waals surface area (Å²) >= 11 is 1.20. The number of fused-ring (bicyclic) bond motifs is 3. The molecule has 34 heavy (non-hydrogen) atoms. The number of sulfonamides is 1. The number of amidine groups is 2. The van der Waals surface area contributed by atoms with Crippen LogP contribution in [0.3, 0.4) is 0 Å². The van der Waals surface area contributed by atoms with Crippen molar-refractivity contribution in [1.29, 1.82) is 0 Å². The molecule has 0 radical (unpaired) electrons. The Hall–Kier alpha value is -3.02. The zero-order chi connectivity index (χ0) is 24.5. The number of rotatable bonds is 7. The number of carbonyl (C=O) groups is 2. The molecule has 4 rings (SSSR count). The van der Waals surface area contributed by atoms with E-state index in [2.05, 4.69) is 15.3 Å². The van der Waals surface area contributed by atoms with Gasteiger partial charge in [-0.1, -0.05) is 49.9 Å². The molecule has 3 N–H and O–H groups in total. The van der Waals surface area contributed by atoms with Gasteiger partial charge < -0.3 is 5.32 Å². The number of thioether (sulfide) groups is 1. The molecular weight excluding hydrogens is 474 g/mol. The first-order valence-electron chi connectivity index (χ1n) is 10.8. The van der Waals surface area contributed by atoms with Crippen LogP contribution in [0.2, 0.25) is 0 Å². The van der Waals surface area contributed by atoms with Gasteiger partial charge in [-0.05, 0) is 42.2 Å². The van der Waals surface area contributed by atoms with E-state index in [1.54, 1.807) is 12.1 Å². The van der Waals surface area contributed by atoms with Gasteiger partial charge in [-0.15, -0.1) is 0 Å². The van der Waals surface area contributed by atoms with Gasteiger partial charge in [0.1, 0.15) is 11.9 Å². The zero-order valence-corrected chi connectivity index (χ0v) is 20.4. The van der Waals surface area contributed by atoms with Crippen molar-refractivity contribution in [3.63, 3.8) is 0 Å². The summed E-state index contributed by atoms with van der Waals surface area (Å²) in [5.74, 6) is 0.397. The third kappa shape index (κ3) is 5.06. The molecule has 2 amide bonds. The Labute approximate surface area is 202 Å². The molecule has 2 heterocycles. The smallest absolute Gasteiger partial charge is 0.259 e. The highest BCUT2D eigenvalue weighted by Crippen LogP contribution is 2.34. The second-order valence-corrected chi connectivity index (χ2v) is 10.8. The molecular formula is C23H25N5O4S2. The summed E-state index contributed by atoms with van der Waals surface area (Å²) in [5.41, 5.74) is 2.40. The number of primary sulfonamides is 1. The van der Waals surface area contributed by atoms with Gasteiger partial charge in [-0.2, -0.15) is 0 Å². The van der Waals surface area contributed by atoms with Crippen LogP contribution in [-0.4, -0.2) is 54.5 Å². The van der Waals surface area contributed by atoms with Gasteiger partial charge in [0.05, 0.1) is 16.3 Å². The highest BCUT2D eigenvalue weighted by atomic mass is 32.2. The number of carbonyl (C=O) groups excluding carboxylic acids is 2. The number of hydrogen-bond acceptors (Lipinski definition) is 7. The Kier molecular flexibility index (Phi) is 6.87. The summed E-state index contributed by atoms with van der Waals surface area (Å²) in [6, 6.07) is 13.3. The average molecular weight is 500 g/mol. The van der Waals surface area contributed by atoms with Crippen molar-refractivity contribution in [1.82, 2.24) is 10.2 Å². The highest BCUT2D eigenvalue weighted by molar-refractivity contribution is 8.14. The number of para-hydroxylation sites is 1. The van der Waals surface area contributed by atoms with Gasteiger partial charge >= 0.3 is 0 Å². The Bertz CT molecular complexity index is 1290. The highest BCUT2D eigenvalue weighted by Gasteiger charge is 2.42. The molecule has 0 bridgehead atoms. The Morgan fingerprint density at radius 3 is 2.56 bits per heavy atom. The lowest BCUT2D eigenvalue weighted by Gasteiger charge is -2.25. The predicted octanol–water partition coefficient (Wildman–Crippen LogP) is 2.04. The second kappa shape index (κ2) is 9.69. The fourth-order valence-electron chi connectivity index (χ4n) is 3.67. The largest absolute Gasteiger partial charge is 0.355 e. The molecule has 0 saturated heterocycles. The van der Waals surface area contributed by atoms with Gasteiger partial charge in [0.15, 0.2) is 5.17 Å². The Morgan fingerprint density at radius 2 is 1.88 bits per heavy atom. The van der Waals surface area contributed by atoms with Crippen LogP contribution >= 0.6 is 11.8 Å². The van der Waals surface area contributed by atoms with Crippen LogP contribution in [0.4, 0.5) is 5.69 Å². The second-order valence-electron chi connectivity index (χ2n) is 8.30. The van der Waals surface area contributed by atoms with Crippen LogP contribution in [0, 0.1) is 5.92 Å². The first kappa shape index (κ1) is 24.1. The number of nitrogens with one attached hydrogen (secondary N) is 1. The maximum Gasteiger partial charge on any atom is 0.259 e. The van der Waals surface area contributed by atoms with Crippen LogP contribution in [0.5, 0.6) is 0 Å². The molecule has 2 aliphatic rings. The van der Waals surface area contributed by atoms with E-state index in [0.717, 1.165) is 16.8 Å². The standard InChI is InChI=1S/C23H25N5O4S2/c1-14(2)20-22(30)28-21(27-20)17-5-3-4-6-18(17)26-23(28)33-13-19(29)25-12-11-15-7-9-16(10-8-15)34(24,31)32/h3-10,14,20H,11-13H2,1-2H3,(H,25,29)(H2,24,31,32)/t20-/m1/s1. The van der Waals surface area contributed by atoms with Crippen LogP contribution in [0.25, 0.3) is 0 Å². The minimum atomic E-state index is -3.73. The minimum Gasteiger partial charge on any atom is -0.355 e. The maximum atomic E-state index is 13.0. The molecule has 0 unspecified atom stereocenters. The van der Waals surface area contributed by atoms with Crippen LogP contribution in [0.15, 0.2) is 63.4 Å². The number of aliphatic imine (C=N–C) groups is 2. The molecule has 11 heteroatoms. The first-order chi connectivity index (χ1) is 16.1. The van der Waals surface area contributed by atoms with Crippen LogP contribution in [0.1, 0.15) is 25.0 Å². The molecule has 0 aromatic heterocycles. The summed E-state index contributed by atoms with van der Waals surface area (Å²) in [5, 5.41) is 8.39. The van der Waals surface area contributed by atoms with Crippen molar-refractivity contribution in [3.8, 4) is 0 Å². The topological polar surface area (TPSA) is 134 Å². The number of nitrogens with zero attached hydrogens (tertiary/aromatic N) is 3. The van der Waals surface area contributed by atoms with E-state index in [9.17, 15) is 18.0 Å². The van der Waals surface area contributed by atoms with Gasteiger partial charge in [0.25, 0.3) is 5.91 Å². The van der Waals surface area contributed by atoms with E-state index in [1.165, 1.54) is 28.8 Å². The molecule has 0 fully saturated rings. The van der Waals surface area contributed by atoms with E-state index in [4.69, 9.17) is 5.14 Å². The van der Waals surface area contributed by atoms with Crippen molar-refractivity contribution >= 4 is 50.3 Å². The van der Waals surface area contributed by atoms with Crippen LogP contribution < -0.4 is 10.5 Å². The van der Waals surface area contributed by atoms with E-state index >= 15 is 0 Å². The average Bonchev–Trinajstić information content (AvgIpc) is 3.15. The maximum absolute atomic E-state index is 13.0. The fraction of sp³-hybridized carbons (Fsp3) is 0.304. The van der Waals surface area contributed by atoms with Gasteiger partial charge in [0, 0.05) is 12.1 Å². The quantitative estimate of drug-likeness (QED) is 0.601. The summed E-state index contributed by atoms with van der Waals surface area (Å²) in [6.45, 7) is 4.29. The molecule has 2 aliphatic heterocycles. The molecule has 0 saturated carbocycles. The monoisotopic (exact) mass is 499 g/mol. The predicted molar refractivity (Wildman–Crippen MR) is 133 cm³/mol. The number of hydrogen-bond donors (Lipinski definition) is 2. The van der Waals surface area contributed by atoms with E-state index in [0.29, 0.717) is 24.0 Å². The minimum absolute atomic E-state index is 0.0468. The molecule has 9 nitrogen and oxygen atoms in total. The molecule has 0 aliphatic carbocycles. The van der Waals surface area contributed by atoms with Crippen LogP contribution in [-0.2, 0) is 26.0 Å². The number of benzene rings is 2. The molecule has 2 aromatic carbocycles. The lowest BCUT2D eigenvalue weighted by molar-refractivity contribution is -0.125. The first-order valence-corrected chi connectivity index (χ1v) is 13.3. The normalized spacial score (nSPS) is 17.2. The summed E-state index contributed by atoms with van der Waals surface area (Å²) in [4.78, 5) is 36.3. The summed E-state index contributed by atoms with van der Waals surface area (Å²) in [6.07, 6.45) is 0.535. The van der Waals surface area contributed by atoms with Gasteiger partial charge in [0.2, 0.25) is 15.9 Å². The SMILES string of the molecule is CC(C)[C@H]1N=C2c3ccccc3N=C(SCC(=O)NCCc3ccc(S(N)(=O)=O)cc3)N2C1=O. The van der Waals surface area contributed by atoms with E-state index < -0.39 is 16.1 Å². The van der Waals surface area contributed by atoms with Crippen molar-refractivity contribution in [3.05, 3.63) is 59.7 Å². The lowest BCUT2D eigenvalue weighted by atomic mass is 10.1. The van der Waals surface area contributed by atoms with Crippen molar-refractivity contribution in [2.75, 3.05) is 12.3 Å². The van der Waals surface area contributed by atoms with Crippen molar-refractivity contribution in [2.45, 2.75) is 31.2 Å². The molecule has 0 spiro atoms. The third-order valence-electron chi connectivity index (χ3n) is 5.45.